The lowest BCUT2D eigenvalue weighted by Crippen LogP contribution is -2.35. The molecule has 0 radical (unpaired) electrons. The zero-order chi connectivity index (χ0) is 14.9. The number of hydrogen-bond donors (Lipinski definition) is 1. The fourth-order valence-corrected chi connectivity index (χ4v) is 3.45. The van der Waals surface area contributed by atoms with Crippen LogP contribution in [0, 0.1) is 34.3 Å². The highest BCUT2D eigenvalue weighted by Gasteiger charge is 2.35. The molecule has 8 heteroatoms. The SMILES string of the molecule is Cc1c([N+](=O)[O-])cccc1S(=O)(=O)NC(C#N)C1CC1. The second-order valence-electron chi connectivity index (χ2n) is 4.72. The van der Waals surface area contributed by atoms with Crippen molar-refractivity contribution < 1.29 is 13.3 Å². The Morgan fingerprint density at radius 2 is 2.15 bits per heavy atom. The van der Waals surface area contributed by atoms with Gasteiger partial charge in [0.2, 0.25) is 10.0 Å². The molecule has 0 aromatic heterocycles. The molecule has 1 saturated carbocycles. The van der Waals surface area contributed by atoms with Gasteiger partial charge in [-0.3, -0.25) is 10.1 Å². The molecule has 0 bridgehead atoms. The first kappa shape index (κ1) is 14.4. The fraction of sp³-hybridized carbons (Fsp3) is 0.417. The molecule has 0 heterocycles. The summed E-state index contributed by atoms with van der Waals surface area (Å²) in [6.45, 7) is 1.38. The van der Waals surface area contributed by atoms with E-state index in [0.717, 1.165) is 12.8 Å². The number of hydrogen-bond acceptors (Lipinski definition) is 5. The van der Waals surface area contributed by atoms with Gasteiger partial charge >= 0.3 is 0 Å². The minimum Gasteiger partial charge on any atom is -0.258 e. The molecule has 0 amide bonds. The van der Waals surface area contributed by atoms with Crippen LogP contribution < -0.4 is 4.72 Å². The summed E-state index contributed by atoms with van der Waals surface area (Å²) in [5.41, 5.74) is -0.190. The molecule has 0 spiro atoms. The number of rotatable bonds is 5. The third-order valence-corrected chi connectivity index (χ3v) is 4.84. The number of nitro benzene ring substituents is 1. The average molecular weight is 295 g/mol. The molecule has 1 aliphatic carbocycles. The van der Waals surface area contributed by atoms with Crippen molar-refractivity contribution in [3.63, 3.8) is 0 Å². The van der Waals surface area contributed by atoms with E-state index >= 15 is 0 Å². The lowest BCUT2D eigenvalue weighted by atomic mass is 10.2. The number of benzene rings is 1. The summed E-state index contributed by atoms with van der Waals surface area (Å²) in [4.78, 5) is 10.0. The van der Waals surface area contributed by atoms with Gasteiger partial charge in [0.15, 0.2) is 0 Å². The largest absolute Gasteiger partial charge is 0.273 e. The normalized spacial score (nSPS) is 16.4. The summed E-state index contributed by atoms with van der Waals surface area (Å²) in [6.07, 6.45) is 1.63. The zero-order valence-electron chi connectivity index (χ0n) is 10.7. The van der Waals surface area contributed by atoms with Crippen LogP contribution in [0.5, 0.6) is 0 Å². The number of nitrogens with one attached hydrogen (secondary N) is 1. The lowest BCUT2D eigenvalue weighted by Gasteiger charge is -2.12. The maximum absolute atomic E-state index is 12.2. The van der Waals surface area contributed by atoms with E-state index in [9.17, 15) is 18.5 Å². The molecule has 7 nitrogen and oxygen atoms in total. The Morgan fingerprint density at radius 3 is 2.65 bits per heavy atom. The fourth-order valence-electron chi connectivity index (χ4n) is 1.98. The second-order valence-corrected chi connectivity index (χ2v) is 6.41. The number of nitriles is 1. The summed E-state index contributed by atoms with van der Waals surface area (Å²) in [5.74, 6) is 0.0359. The highest BCUT2D eigenvalue weighted by molar-refractivity contribution is 7.89. The molecule has 106 valence electrons. The molecule has 1 fully saturated rings. The highest BCUT2D eigenvalue weighted by Crippen LogP contribution is 2.33. The molecule has 1 aliphatic rings. The van der Waals surface area contributed by atoms with Crippen LogP contribution in [0.25, 0.3) is 0 Å². The van der Waals surface area contributed by atoms with Crippen molar-refractivity contribution >= 4 is 15.7 Å². The Balaban J connectivity index is 2.37. The zero-order valence-corrected chi connectivity index (χ0v) is 11.6. The molecule has 0 saturated heterocycles. The minimum atomic E-state index is -3.94. The summed E-state index contributed by atoms with van der Waals surface area (Å²) in [7, 11) is -3.94. The summed E-state index contributed by atoms with van der Waals surface area (Å²) in [6, 6.07) is 5.01. The lowest BCUT2D eigenvalue weighted by molar-refractivity contribution is -0.385. The monoisotopic (exact) mass is 295 g/mol. The third-order valence-electron chi connectivity index (χ3n) is 3.26. The van der Waals surface area contributed by atoms with Gasteiger partial charge in [-0.25, -0.2) is 8.42 Å². The highest BCUT2D eigenvalue weighted by atomic mass is 32.2. The van der Waals surface area contributed by atoms with E-state index in [2.05, 4.69) is 4.72 Å². The molecular formula is C12H13N3O4S. The van der Waals surface area contributed by atoms with Gasteiger partial charge < -0.3 is 0 Å². The molecule has 1 unspecified atom stereocenters. The minimum absolute atomic E-state index is 0.0359. The molecular weight excluding hydrogens is 282 g/mol. The van der Waals surface area contributed by atoms with Gasteiger partial charge in [-0.1, -0.05) is 6.07 Å². The molecule has 1 N–H and O–H groups in total. The van der Waals surface area contributed by atoms with Gasteiger partial charge in [0.1, 0.15) is 6.04 Å². The van der Waals surface area contributed by atoms with Crippen LogP contribution in [0.2, 0.25) is 0 Å². The maximum atomic E-state index is 12.2. The van der Waals surface area contributed by atoms with Gasteiger partial charge in [-0.05, 0) is 31.7 Å². The van der Waals surface area contributed by atoms with Crippen LogP contribution in [0.3, 0.4) is 0 Å². The van der Waals surface area contributed by atoms with E-state index in [1.54, 1.807) is 0 Å². The summed E-state index contributed by atoms with van der Waals surface area (Å²) >= 11 is 0. The van der Waals surface area contributed by atoms with E-state index in [1.165, 1.54) is 25.1 Å². The second kappa shape index (κ2) is 5.19. The van der Waals surface area contributed by atoms with Crippen molar-refractivity contribution in [3.8, 4) is 6.07 Å². The predicted molar refractivity (Wildman–Crippen MR) is 70.3 cm³/mol. The van der Waals surface area contributed by atoms with Crippen LogP contribution in [0.4, 0.5) is 5.69 Å². The van der Waals surface area contributed by atoms with Crippen LogP contribution in [-0.2, 0) is 10.0 Å². The summed E-state index contributed by atoms with van der Waals surface area (Å²) < 4.78 is 26.8. The summed E-state index contributed by atoms with van der Waals surface area (Å²) in [5, 5.41) is 19.8. The Bertz CT molecular complexity index is 689. The van der Waals surface area contributed by atoms with Crippen molar-refractivity contribution in [3.05, 3.63) is 33.9 Å². The van der Waals surface area contributed by atoms with E-state index in [4.69, 9.17) is 5.26 Å². The van der Waals surface area contributed by atoms with Crippen molar-refractivity contribution in [2.75, 3.05) is 0 Å². The molecule has 2 rings (SSSR count). The van der Waals surface area contributed by atoms with Crippen molar-refractivity contribution in [2.24, 2.45) is 5.92 Å². The van der Waals surface area contributed by atoms with Crippen molar-refractivity contribution in [2.45, 2.75) is 30.7 Å². The average Bonchev–Trinajstić information content (AvgIpc) is 3.20. The number of sulfonamides is 1. The van der Waals surface area contributed by atoms with Crippen LogP contribution in [0.15, 0.2) is 23.1 Å². The predicted octanol–water partition coefficient (Wildman–Crippen LogP) is 1.48. The molecule has 1 aromatic rings. The van der Waals surface area contributed by atoms with Gasteiger partial charge in [0.05, 0.1) is 15.9 Å². The van der Waals surface area contributed by atoms with Crippen LogP contribution >= 0.6 is 0 Å². The molecule has 1 atom stereocenters. The Hall–Kier alpha value is -1.98. The Morgan fingerprint density at radius 1 is 1.50 bits per heavy atom. The first-order chi connectivity index (χ1) is 9.36. The van der Waals surface area contributed by atoms with Gasteiger partial charge in [0, 0.05) is 11.6 Å². The van der Waals surface area contributed by atoms with E-state index in [0.29, 0.717) is 0 Å². The molecule has 1 aromatic carbocycles. The van der Waals surface area contributed by atoms with Crippen LogP contribution in [-0.4, -0.2) is 19.4 Å². The van der Waals surface area contributed by atoms with Crippen molar-refractivity contribution in [1.82, 2.24) is 4.72 Å². The Labute approximate surface area is 116 Å². The topological polar surface area (TPSA) is 113 Å². The molecule has 0 aliphatic heterocycles. The van der Waals surface area contributed by atoms with E-state index in [1.807, 2.05) is 6.07 Å². The first-order valence-corrected chi connectivity index (χ1v) is 7.51. The van der Waals surface area contributed by atoms with E-state index < -0.39 is 21.0 Å². The number of nitrogens with zero attached hydrogens (tertiary/aromatic N) is 2. The molecule has 20 heavy (non-hydrogen) atoms. The van der Waals surface area contributed by atoms with Gasteiger partial charge in [0.25, 0.3) is 5.69 Å². The van der Waals surface area contributed by atoms with Gasteiger partial charge in [-0.2, -0.15) is 9.98 Å². The first-order valence-electron chi connectivity index (χ1n) is 6.03. The number of nitro groups is 1. The Kier molecular flexibility index (Phi) is 3.74. The standard InChI is InChI=1S/C12H13N3O4S/c1-8-11(15(16)17)3-2-4-12(8)20(18,19)14-10(7-13)9-5-6-9/h2-4,9-10,14H,5-6H2,1H3. The quantitative estimate of drug-likeness (QED) is 0.653. The van der Waals surface area contributed by atoms with Gasteiger partial charge in [-0.15, -0.1) is 0 Å². The maximum Gasteiger partial charge on any atom is 0.273 e. The van der Waals surface area contributed by atoms with Crippen molar-refractivity contribution in [1.29, 1.82) is 5.26 Å². The third kappa shape index (κ3) is 2.79. The smallest absolute Gasteiger partial charge is 0.258 e. The van der Waals surface area contributed by atoms with E-state index in [-0.39, 0.29) is 22.1 Å². The van der Waals surface area contributed by atoms with Crippen LogP contribution in [0.1, 0.15) is 18.4 Å².